The summed E-state index contributed by atoms with van der Waals surface area (Å²) in [5.41, 5.74) is 9.25. The number of carbonyl (C=O) groups is 1. The monoisotopic (exact) mass is 277 g/mol. The number of nitrogens with two attached hydrogens (primary N) is 1. The van der Waals surface area contributed by atoms with Crippen LogP contribution in [0.5, 0.6) is 0 Å². The summed E-state index contributed by atoms with van der Waals surface area (Å²) < 4.78 is 0. The van der Waals surface area contributed by atoms with Crippen LogP contribution in [-0.2, 0) is 0 Å². The molecule has 0 atom stereocenters. The van der Waals surface area contributed by atoms with Crippen LogP contribution in [0, 0.1) is 6.92 Å². The number of nitrogens with zero attached hydrogens (tertiary/aromatic N) is 1. The number of amides is 1. The Bertz CT molecular complexity index is 822. The van der Waals surface area contributed by atoms with Crippen LogP contribution in [0.2, 0.25) is 0 Å². The average molecular weight is 277 g/mol. The van der Waals surface area contributed by atoms with Gasteiger partial charge in [-0.3, -0.25) is 9.78 Å². The highest BCUT2D eigenvalue weighted by Crippen LogP contribution is 2.22. The molecule has 2 aromatic carbocycles. The number of nitrogen functional groups attached to an aromatic ring is 1. The van der Waals surface area contributed by atoms with Gasteiger partial charge < -0.3 is 11.1 Å². The van der Waals surface area contributed by atoms with Crippen LogP contribution in [0.15, 0.2) is 54.7 Å². The molecule has 0 aliphatic heterocycles. The Balaban J connectivity index is 1.99. The lowest BCUT2D eigenvalue weighted by Crippen LogP contribution is -2.14. The third-order valence-corrected chi connectivity index (χ3v) is 3.33. The van der Waals surface area contributed by atoms with Gasteiger partial charge in [0.25, 0.3) is 5.91 Å². The molecule has 1 heterocycles. The normalized spacial score (nSPS) is 10.5. The Kier molecular flexibility index (Phi) is 3.28. The van der Waals surface area contributed by atoms with Crippen molar-refractivity contribution in [2.45, 2.75) is 6.92 Å². The number of hydrogen-bond acceptors (Lipinski definition) is 3. The number of anilines is 2. The molecule has 0 saturated heterocycles. The van der Waals surface area contributed by atoms with E-state index < -0.39 is 0 Å². The first-order chi connectivity index (χ1) is 10.1. The lowest BCUT2D eigenvalue weighted by atomic mass is 10.1. The molecule has 0 aliphatic carbocycles. The third-order valence-electron chi connectivity index (χ3n) is 3.33. The van der Waals surface area contributed by atoms with Crippen LogP contribution >= 0.6 is 0 Å². The SMILES string of the molecule is Cc1ccc(N)c(C(=O)Nc2cccc3cccnc23)c1. The topological polar surface area (TPSA) is 68.0 Å². The number of carbonyl (C=O) groups excluding carboxylic acids is 1. The van der Waals surface area contributed by atoms with Crippen molar-refractivity contribution in [3.8, 4) is 0 Å². The number of aryl methyl sites for hydroxylation is 1. The van der Waals surface area contributed by atoms with E-state index in [0.717, 1.165) is 16.5 Å². The summed E-state index contributed by atoms with van der Waals surface area (Å²) in [5, 5.41) is 3.87. The van der Waals surface area contributed by atoms with Crippen molar-refractivity contribution in [1.29, 1.82) is 0 Å². The average Bonchev–Trinajstić information content (AvgIpc) is 2.50. The summed E-state index contributed by atoms with van der Waals surface area (Å²) in [6.07, 6.45) is 1.71. The summed E-state index contributed by atoms with van der Waals surface area (Å²) in [5.74, 6) is -0.227. The van der Waals surface area contributed by atoms with Crippen LogP contribution < -0.4 is 11.1 Å². The predicted octanol–water partition coefficient (Wildman–Crippen LogP) is 3.38. The molecule has 3 rings (SSSR count). The van der Waals surface area contributed by atoms with Gasteiger partial charge in [-0.25, -0.2) is 0 Å². The second-order valence-corrected chi connectivity index (χ2v) is 4.93. The molecule has 4 nitrogen and oxygen atoms in total. The number of rotatable bonds is 2. The fourth-order valence-corrected chi connectivity index (χ4v) is 2.26. The lowest BCUT2D eigenvalue weighted by molar-refractivity contribution is 0.102. The standard InChI is InChI=1S/C17H15N3O/c1-11-7-8-14(18)13(10-11)17(21)20-15-6-2-4-12-5-3-9-19-16(12)15/h2-10H,18H2,1H3,(H,20,21). The van der Waals surface area contributed by atoms with Crippen molar-refractivity contribution in [2.24, 2.45) is 0 Å². The highest BCUT2D eigenvalue weighted by Gasteiger charge is 2.12. The van der Waals surface area contributed by atoms with Gasteiger partial charge in [0.1, 0.15) is 0 Å². The Morgan fingerprint density at radius 2 is 1.95 bits per heavy atom. The Morgan fingerprint density at radius 3 is 2.81 bits per heavy atom. The molecule has 0 unspecified atom stereocenters. The molecule has 4 heteroatoms. The fraction of sp³-hybridized carbons (Fsp3) is 0.0588. The van der Waals surface area contributed by atoms with Gasteiger partial charge in [0.05, 0.1) is 16.8 Å². The maximum absolute atomic E-state index is 12.4. The molecular formula is C17H15N3O. The highest BCUT2D eigenvalue weighted by atomic mass is 16.1. The predicted molar refractivity (Wildman–Crippen MR) is 85.3 cm³/mol. The molecule has 21 heavy (non-hydrogen) atoms. The molecule has 0 spiro atoms. The van der Waals surface area contributed by atoms with Crippen molar-refractivity contribution in [2.75, 3.05) is 11.1 Å². The Morgan fingerprint density at radius 1 is 1.14 bits per heavy atom. The first kappa shape index (κ1) is 13.1. The zero-order valence-electron chi connectivity index (χ0n) is 11.6. The molecule has 0 bridgehead atoms. The number of nitrogens with one attached hydrogen (secondary N) is 1. The van der Waals surface area contributed by atoms with Crippen LogP contribution in [-0.4, -0.2) is 10.9 Å². The third kappa shape index (κ3) is 2.56. The lowest BCUT2D eigenvalue weighted by Gasteiger charge is -2.10. The minimum Gasteiger partial charge on any atom is -0.398 e. The molecule has 3 aromatic rings. The van der Waals surface area contributed by atoms with E-state index in [0.29, 0.717) is 16.9 Å². The largest absolute Gasteiger partial charge is 0.398 e. The number of aromatic nitrogens is 1. The number of hydrogen-bond donors (Lipinski definition) is 2. The molecule has 104 valence electrons. The molecule has 0 fully saturated rings. The van der Waals surface area contributed by atoms with Crippen molar-refractivity contribution < 1.29 is 4.79 Å². The van der Waals surface area contributed by atoms with E-state index >= 15 is 0 Å². The zero-order valence-corrected chi connectivity index (χ0v) is 11.6. The van der Waals surface area contributed by atoms with Gasteiger partial charge in [-0.2, -0.15) is 0 Å². The maximum atomic E-state index is 12.4. The molecule has 0 aliphatic rings. The Labute approximate surface area is 122 Å². The molecular weight excluding hydrogens is 262 g/mol. The highest BCUT2D eigenvalue weighted by molar-refractivity contribution is 6.10. The van der Waals surface area contributed by atoms with E-state index in [1.807, 2.05) is 43.3 Å². The quantitative estimate of drug-likeness (QED) is 0.706. The van der Waals surface area contributed by atoms with Gasteiger partial charge in [-0.15, -0.1) is 0 Å². The number of benzene rings is 2. The van der Waals surface area contributed by atoms with E-state index in [1.54, 1.807) is 18.3 Å². The first-order valence-corrected chi connectivity index (χ1v) is 6.66. The van der Waals surface area contributed by atoms with Gasteiger partial charge in [0.2, 0.25) is 0 Å². The van der Waals surface area contributed by atoms with Gasteiger partial charge >= 0.3 is 0 Å². The molecule has 0 radical (unpaired) electrons. The van der Waals surface area contributed by atoms with Gasteiger partial charge in [-0.1, -0.05) is 29.8 Å². The summed E-state index contributed by atoms with van der Waals surface area (Å²) >= 11 is 0. The summed E-state index contributed by atoms with van der Waals surface area (Å²) in [6.45, 7) is 1.93. The molecule has 1 aromatic heterocycles. The van der Waals surface area contributed by atoms with Gasteiger partial charge in [0, 0.05) is 17.3 Å². The second kappa shape index (κ2) is 5.25. The van der Waals surface area contributed by atoms with Crippen LogP contribution in [0.3, 0.4) is 0 Å². The minimum atomic E-state index is -0.227. The van der Waals surface area contributed by atoms with Gasteiger partial charge in [-0.05, 0) is 31.2 Å². The van der Waals surface area contributed by atoms with Crippen LogP contribution in [0.25, 0.3) is 10.9 Å². The second-order valence-electron chi connectivity index (χ2n) is 4.93. The van der Waals surface area contributed by atoms with E-state index in [9.17, 15) is 4.79 Å². The maximum Gasteiger partial charge on any atom is 0.257 e. The minimum absolute atomic E-state index is 0.227. The van der Waals surface area contributed by atoms with E-state index in [2.05, 4.69) is 10.3 Å². The summed E-state index contributed by atoms with van der Waals surface area (Å²) in [6, 6.07) is 14.9. The smallest absolute Gasteiger partial charge is 0.257 e. The molecule has 0 saturated carbocycles. The Hall–Kier alpha value is -2.88. The summed E-state index contributed by atoms with van der Waals surface area (Å²) in [7, 11) is 0. The van der Waals surface area contributed by atoms with Crippen molar-refractivity contribution in [3.05, 3.63) is 65.9 Å². The van der Waals surface area contributed by atoms with Crippen LogP contribution in [0.4, 0.5) is 11.4 Å². The van der Waals surface area contributed by atoms with E-state index in [-0.39, 0.29) is 5.91 Å². The number of pyridine rings is 1. The number of para-hydroxylation sites is 1. The number of fused-ring (bicyclic) bond motifs is 1. The van der Waals surface area contributed by atoms with E-state index in [1.165, 1.54) is 0 Å². The first-order valence-electron chi connectivity index (χ1n) is 6.66. The molecule has 1 amide bonds. The van der Waals surface area contributed by atoms with E-state index in [4.69, 9.17) is 5.73 Å². The van der Waals surface area contributed by atoms with Gasteiger partial charge in [0.15, 0.2) is 0 Å². The molecule has 3 N–H and O–H groups in total. The van der Waals surface area contributed by atoms with Crippen molar-refractivity contribution >= 4 is 28.2 Å². The fourth-order valence-electron chi connectivity index (χ4n) is 2.26. The van der Waals surface area contributed by atoms with Crippen LogP contribution in [0.1, 0.15) is 15.9 Å². The zero-order chi connectivity index (χ0) is 14.8. The van der Waals surface area contributed by atoms with Crippen molar-refractivity contribution in [3.63, 3.8) is 0 Å². The van der Waals surface area contributed by atoms with Crippen molar-refractivity contribution in [1.82, 2.24) is 4.98 Å². The summed E-state index contributed by atoms with van der Waals surface area (Å²) in [4.78, 5) is 16.7.